The van der Waals surface area contributed by atoms with E-state index in [2.05, 4.69) is 16.9 Å². The molecule has 0 aromatic heterocycles. The quantitative estimate of drug-likeness (QED) is 0.624. The Morgan fingerprint density at radius 1 is 1.43 bits per heavy atom. The summed E-state index contributed by atoms with van der Waals surface area (Å²) in [5, 5.41) is 17.6. The standard InChI is InChI=1S/C10H20N2OS/c1-14-8-4-9(12-6-8)10(13)7-2-3-11-5-7/h7-13H,2-6H2,1H3/t7-,8+,9+,10-/m1/s1. The van der Waals surface area contributed by atoms with Crippen LogP contribution in [0.2, 0.25) is 0 Å². The lowest BCUT2D eigenvalue weighted by Crippen LogP contribution is -2.40. The van der Waals surface area contributed by atoms with E-state index in [1.165, 1.54) is 0 Å². The summed E-state index contributed by atoms with van der Waals surface area (Å²) in [4.78, 5) is 0. The third-order valence-electron chi connectivity index (χ3n) is 3.45. The summed E-state index contributed by atoms with van der Waals surface area (Å²) in [6, 6.07) is 0.331. The lowest BCUT2D eigenvalue weighted by Gasteiger charge is -2.23. The van der Waals surface area contributed by atoms with Gasteiger partial charge in [-0.15, -0.1) is 0 Å². The summed E-state index contributed by atoms with van der Waals surface area (Å²) in [6.45, 7) is 3.12. The zero-order chi connectivity index (χ0) is 9.97. The van der Waals surface area contributed by atoms with Gasteiger partial charge in [-0.1, -0.05) is 0 Å². The zero-order valence-electron chi connectivity index (χ0n) is 8.70. The monoisotopic (exact) mass is 216 g/mol. The van der Waals surface area contributed by atoms with E-state index in [1.807, 2.05) is 11.8 Å². The first-order chi connectivity index (χ1) is 6.81. The van der Waals surface area contributed by atoms with E-state index in [0.717, 1.165) is 32.5 Å². The van der Waals surface area contributed by atoms with Crippen LogP contribution in [-0.2, 0) is 0 Å². The molecule has 2 aliphatic rings. The van der Waals surface area contributed by atoms with Gasteiger partial charge in [-0.2, -0.15) is 11.8 Å². The molecule has 3 N–H and O–H groups in total. The Balaban J connectivity index is 1.83. The van der Waals surface area contributed by atoms with Gasteiger partial charge in [0.25, 0.3) is 0 Å². The van der Waals surface area contributed by atoms with Crippen molar-refractivity contribution < 1.29 is 5.11 Å². The Hall–Kier alpha value is 0.230. The van der Waals surface area contributed by atoms with Gasteiger partial charge in [0.2, 0.25) is 0 Å². The maximum Gasteiger partial charge on any atom is 0.0734 e. The largest absolute Gasteiger partial charge is 0.391 e. The number of rotatable bonds is 3. The molecule has 0 bridgehead atoms. The smallest absolute Gasteiger partial charge is 0.0734 e. The minimum Gasteiger partial charge on any atom is -0.391 e. The Morgan fingerprint density at radius 3 is 2.86 bits per heavy atom. The highest BCUT2D eigenvalue weighted by Crippen LogP contribution is 2.25. The van der Waals surface area contributed by atoms with Gasteiger partial charge < -0.3 is 15.7 Å². The van der Waals surface area contributed by atoms with E-state index >= 15 is 0 Å². The number of nitrogens with one attached hydrogen (secondary N) is 2. The molecule has 0 unspecified atom stereocenters. The molecule has 2 rings (SSSR count). The third kappa shape index (κ3) is 2.24. The summed E-state index contributed by atoms with van der Waals surface area (Å²) < 4.78 is 0. The van der Waals surface area contributed by atoms with Crippen LogP contribution in [0.25, 0.3) is 0 Å². The minimum absolute atomic E-state index is 0.151. The van der Waals surface area contributed by atoms with Crippen LogP contribution >= 0.6 is 11.8 Å². The van der Waals surface area contributed by atoms with Crippen molar-refractivity contribution in [3.63, 3.8) is 0 Å². The van der Waals surface area contributed by atoms with Gasteiger partial charge in [0.15, 0.2) is 0 Å². The van der Waals surface area contributed by atoms with Crippen LogP contribution in [0.3, 0.4) is 0 Å². The van der Waals surface area contributed by atoms with Gasteiger partial charge in [-0.25, -0.2) is 0 Å². The predicted octanol–water partition coefficient (Wildman–Crippen LogP) is 0.0503. The van der Waals surface area contributed by atoms with Crippen molar-refractivity contribution in [1.82, 2.24) is 10.6 Å². The highest BCUT2D eigenvalue weighted by atomic mass is 32.2. The number of aliphatic hydroxyl groups is 1. The molecule has 0 aliphatic carbocycles. The molecule has 0 aromatic carbocycles. The molecular weight excluding hydrogens is 196 g/mol. The summed E-state index contributed by atoms with van der Waals surface area (Å²) in [7, 11) is 0. The van der Waals surface area contributed by atoms with Crippen molar-refractivity contribution in [2.45, 2.75) is 30.2 Å². The molecule has 2 heterocycles. The van der Waals surface area contributed by atoms with Crippen molar-refractivity contribution in [3.8, 4) is 0 Å². The number of hydrogen-bond acceptors (Lipinski definition) is 4. The molecule has 0 spiro atoms. The Labute approximate surface area is 90.0 Å². The molecule has 0 radical (unpaired) electrons. The lowest BCUT2D eigenvalue weighted by molar-refractivity contribution is 0.0834. The van der Waals surface area contributed by atoms with E-state index in [1.54, 1.807) is 0 Å². The second kappa shape index (κ2) is 4.84. The van der Waals surface area contributed by atoms with Crippen LogP contribution in [0.5, 0.6) is 0 Å². The number of thioether (sulfide) groups is 1. The molecule has 14 heavy (non-hydrogen) atoms. The van der Waals surface area contributed by atoms with Crippen molar-refractivity contribution in [1.29, 1.82) is 0 Å². The summed E-state index contributed by atoms with van der Waals surface area (Å²) in [5.41, 5.74) is 0. The van der Waals surface area contributed by atoms with Gasteiger partial charge in [0.1, 0.15) is 0 Å². The lowest BCUT2D eigenvalue weighted by atomic mass is 9.94. The first-order valence-corrected chi connectivity index (χ1v) is 6.75. The zero-order valence-corrected chi connectivity index (χ0v) is 9.52. The van der Waals surface area contributed by atoms with E-state index in [0.29, 0.717) is 17.2 Å². The Morgan fingerprint density at radius 2 is 2.29 bits per heavy atom. The van der Waals surface area contributed by atoms with E-state index < -0.39 is 0 Å². The van der Waals surface area contributed by atoms with Crippen LogP contribution in [0.15, 0.2) is 0 Å². The SMILES string of the molecule is CS[C@@H]1CN[C@H]([C@H](O)[C@@H]2CCNC2)C1. The fraction of sp³-hybridized carbons (Fsp3) is 1.00. The first kappa shape index (κ1) is 10.7. The van der Waals surface area contributed by atoms with Crippen molar-refractivity contribution in [2.24, 2.45) is 5.92 Å². The van der Waals surface area contributed by atoms with Crippen LogP contribution in [0, 0.1) is 5.92 Å². The van der Waals surface area contributed by atoms with Crippen LogP contribution in [-0.4, -0.2) is 48.4 Å². The first-order valence-electron chi connectivity index (χ1n) is 5.46. The van der Waals surface area contributed by atoms with Gasteiger partial charge in [0.05, 0.1) is 6.10 Å². The Kier molecular flexibility index (Phi) is 3.71. The highest BCUT2D eigenvalue weighted by Gasteiger charge is 2.34. The van der Waals surface area contributed by atoms with Gasteiger partial charge in [-0.3, -0.25) is 0 Å². The summed E-state index contributed by atoms with van der Waals surface area (Å²) in [5.74, 6) is 0.466. The molecule has 82 valence electrons. The average molecular weight is 216 g/mol. The molecule has 4 heteroatoms. The molecule has 2 saturated heterocycles. The topological polar surface area (TPSA) is 44.3 Å². The molecule has 0 saturated carbocycles. The second-order valence-electron chi connectivity index (χ2n) is 4.35. The molecule has 2 fully saturated rings. The highest BCUT2D eigenvalue weighted by molar-refractivity contribution is 7.99. The van der Waals surface area contributed by atoms with Gasteiger partial charge in [0, 0.05) is 30.3 Å². The third-order valence-corrected chi connectivity index (χ3v) is 4.48. The van der Waals surface area contributed by atoms with Gasteiger partial charge in [-0.05, 0) is 25.6 Å². The Bertz CT molecular complexity index is 185. The van der Waals surface area contributed by atoms with E-state index in [4.69, 9.17) is 0 Å². The fourth-order valence-corrected chi connectivity index (χ4v) is 3.13. The fourth-order valence-electron chi connectivity index (χ4n) is 2.47. The van der Waals surface area contributed by atoms with Crippen molar-refractivity contribution in [2.75, 3.05) is 25.9 Å². The van der Waals surface area contributed by atoms with Crippen LogP contribution in [0.1, 0.15) is 12.8 Å². The number of aliphatic hydroxyl groups excluding tert-OH is 1. The second-order valence-corrected chi connectivity index (χ2v) is 5.49. The molecule has 2 aliphatic heterocycles. The van der Waals surface area contributed by atoms with Crippen LogP contribution < -0.4 is 10.6 Å². The van der Waals surface area contributed by atoms with Gasteiger partial charge >= 0.3 is 0 Å². The summed E-state index contributed by atoms with van der Waals surface area (Å²) >= 11 is 1.91. The average Bonchev–Trinajstić information content (AvgIpc) is 2.88. The van der Waals surface area contributed by atoms with E-state index in [9.17, 15) is 5.11 Å². The number of hydrogen-bond donors (Lipinski definition) is 3. The summed E-state index contributed by atoms with van der Waals surface area (Å²) in [6.07, 6.45) is 4.25. The van der Waals surface area contributed by atoms with Crippen LogP contribution in [0.4, 0.5) is 0 Å². The normalized spacial score (nSPS) is 40.3. The minimum atomic E-state index is -0.151. The van der Waals surface area contributed by atoms with E-state index in [-0.39, 0.29) is 6.10 Å². The molecule has 3 nitrogen and oxygen atoms in total. The van der Waals surface area contributed by atoms with Crippen molar-refractivity contribution >= 4 is 11.8 Å². The maximum atomic E-state index is 10.2. The molecule has 0 amide bonds. The molecular formula is C10H20N2OS. The molecule has 0 aromatic rings. The molecule has 4 atom stereocenters. The maximum absolute atomic E-state index is 10.2. The predicted molar refractivity (Wildman–Crippen MR) is 60.7 cm³/mol. The van der Waals surface area contributed by atoms with Crippen molar-refractivity contribution in [3.05, 3.63) is 0 Å².